The number of amides is 1. The lowest BCUT2D eigenvalue weighted by Crippen LogP contribution is -2.34. The molecule has 0 saturated carbocycles. The zero-order valence-electron chi connectivity index (χ0n) is 10.7. The summed E-state index contributed by atoms with van der Waals surface area (Å²) in [6.45, 7) is 0. The summed E-state index contributed by atoms with van der Waals surface area (Å²) in [5.74, 6) is 6.09. The first-order chi connectivity index (χ1) is 9.47. The molecule has 2 rings (SSSR count). The van der Waals surface area contributed by atoms with Gasteiger partial charge in [0.2, 0.25) is 0 Å². The molecule has 1 fully saturated rings. The molecule has 106 valence electrons. The normalized spacial score (nSPS) is 17.0. The Kier molecular flexibility index (Phi) is 4.54. The molecule has 1 aliphatic heterocycles. The molecule has 1 aromatic carbocycles. The quantitative estimate of drug-likeness (QED) is 0.397. The molecule has 5 nitrogen and oxygen atoms in total. The Morgan fingerprint density at radius 2 is 2.10 bits per heavy atom. The maximum absolute atomic E-state index is 11.8. The van der Waals surface area contributed by atoms with Gasteiger partial charge in [-0.3, -0.25) is 4.79 Å². The van der Waals surface area contributed by atoms with Crippen LogP contribution in [0.25, 0.3) is 6.08 Å². The lowest BCUT2D eigenvalue weighted by molar-refractivity contribution is -0.122. The third kappa shape index (κ3) is 2.76. The average Bonchev–Trinajstić information content (AvgIpc) is 2.65. The number of methoxy groups -OCH3 is 2. The monoisotopic (exact) mass is 330 g/mol. The fourth-order valence-corrected chi connectivity index (χ4v) is 3.05. The van der Waals surface area contributed by atoms with Crippen LogP contribution in [-0.2, 0) is 4.79 Å². The number of carbonyl (C=O) groups is 1. The van der Waals surface area contributed by atoms with E-state index in [1.165, 1.54) is 14.2 Å². The smallest absolute Gasteiger partial charge is 0.280 e. The third-order valence-electron chi connectivity index (χ3n) is 2.58. The fourth-order valence-electron chi connectivity index (χ4n) is 1.65. The Bertz CT molecular complexity index is 619. The number of nitrogens with zero attached hydrogens (tertiary/aromatic N) is 1. The first-order valence-corrected chi connectivity index (χ1v) is 7.02. The standard InChI is InChI=1S/C12H11ClN2O3S2/c1-17-8-4-6(3-7(13)10(8)18-2)5-9-11(16)15(14)12(19)20-9/h3-5H,14H2,1-2H3. The molecular formula is C12H11ClN2O3S2. The van der Waals surface area contributed by atoms with E-state index >= 15 is 0 Å². The number of halogens is 1. The van der Waals surface area contributed by atoms with Crippen molar-refractivity contribution in [1.82, 2.24) is 5.01 Å². The van der Waals surface area contributed by atoms with Crippen LogP contribution in [0.3, 0.4) is 0 Å². The summed E-state index contributed by atoms with van der Waals surface area (Å²) in [4.78, 5) is 12.2. The lowest BCUT2D eigenvalue weighted by atomic mass is 10.2. The second-order valence-electron chi connectivity index (χ2n) is 3.79. The van der Waals surface area contributed by atoms with Gasteiger partial charge in [-0.25, -0.2) is 10.9 Å². The molecule has 1 aliphatic rings. The lowest BCUT2D eigenvalue weighted by Gasteiger charge is -2.10. The molecule has 0 aliphatic carbocycles. The van der Waals surface area contributed by atoms with E-state index < -0.39 is 0 Å². The number of hydrogen-bond acceptors (Lipinski definition) is 6. The van der Waals surface area contributed by atoms with E-state index in [1.54, 1.807) is 18.2 Å². The number of ether oxygens (including phenoxy) is 2. The van der Waals surface area contributed by atoms with Crippen molar-refractivity contribution in [2.24, 2.45) is 5.84 Å². The third-order valence-corrected chi connectivity index (χ3v) is 4.19. The van der Waals surface area contributed by atoms with Crippen molar-refractivity contribution >= 4 is 51.9 Å². The van der Waals surface area contributed by atoms with Crippen LogP contribution in [0.15, 0.2) is 17.0 Å². The Morgan fingerprint density at radius 1 is 1.40 bits per heavy atom. The molecule has 0 atom stereocenters. The van der Waals surface area contributed by atoms with E-state index in [-0.39, 0.29) is 5.91 Å². The zero-order valence-corrected chi connectivity index (χ0v) is 13.1. The number of nitrogens with two attached hydrogens (primary N) is 1. The summed E-state index contributed by atoms with van der Waals surface area (Å²) in [5.41, 5.74) is 0.696. The van der Waals surface area contributed by atoms with Gasteiger partial charge in [0.15, 0.2) is 15.8 Å². The Morgan fingerprint density at radius 3 is 2.60 bits per heavy atom. The second-order valence-corrected chi connectivity index (χ2v) is 5.87. The molecule has 0 radical (unpaired) electrons. The van der Waals surface area contributed by atoms with Crippen LogP contribution in [0.4, 0.5) is 0 Å². The maximum Gasteiger partial charge on any atom is 0.280 e. The number of carbonyl (C=O) groups excluding carboxylic acids is 1. The molecule has 20 heavy (non-hydrogen) atoms. The van der Waals surface area contributed by atoms with Crippen molar-refractivity contribution in [3.8, 4) is 11.5 Å². The predicted molar refractivity (Wildman–Crippen MR) is 83.8 cm³/mol. The van der Waals surface area contributed by atoms with Gasteiger partial charge in [0.1, 0.15) is 0 Å². The van der Waals surface area contributed by atoms with Crippen LogP contribution in [0.2, 0.25) is 5.02 Å². The summed E-state index contributed by atoms with van der Waals surface area (Å²) in [7, 11) is 3.01. The van der Waals surface area contributed by atoms with Crippen LogP contribution < -0.4 is 15.3 Å². The van der Waals surface area contributed by atoms with Crippen LogP contribution in [0.5, 0.6) is 11.5 Å². The molecule has 0 unspecified atom stereocenters. The fraction of sp³-hybridized carbons (Fsp3) is 0.167. The highest BCUT2D eigenvalue weighted by atomic mass is 35.5. The van der Waals surface area contributed by atoms with Gasteiger partial charge in [-0.15, -0.1) is 0 Å². The number of thioether (sulfide) groups is 1. The minimum Gasteiger partial charge on any atom is -0.493 e. The molecular weight excluding hydrogens is 320 g/mol. The van der Waals surface area contributed by atoms with Gasteiger partial charge in [0.25, 0.3) is 5.91 Å². The first-order valence-electron chi connectivity index (χ1n) is 5.42. The van der Waals surface area contributed by atoms with E-state index in [0.29, 0.717) is 31.3 Å². The zero-order chi connectivity index (χ0) is 14.9. The molecule has 1 saturated heterocycles. The number of thiocarbonyl (C=S) groups is 1. The Hall–Kier alpha value is -1.28. The highest BCUT2D eigenvalue weighted by Crippen LogP contribution is 2.38. The van der Waals surface area contributed by atoms with E-state index in [1.807, 2.05) is 0 Å². The van der Waals surface area contributed by atoms with E-state index in [2.05, 4.69) is 0 Å². The Balaban J connectivity index is 2.42. The van der Waals surface area contributed by atoms with Crippen LogP contribution in [0.1, 0.15) is 5.56 Å². The van der Waals surface area contributed by atoms with E-state index in [0.717, 1.165) is 16.8 Å². The summed E-state index contributed by atoms with van der Waals surface area (Å²) >= 11 is 12.2. The first kappa shape index (κ1) is 15.1. The van der Waals surface area contributed by atoms with Crippen molar-refractivity contribution in [2.75, 3.05) is 14.2 Å². The average molecular weight is 331 g/mol. The van der Waals surface area contributed by atoms with E-state index in [4.69, 9.17) is 39.1 Å². The summed E-state index contributed by atoms with van der Waals surface area (Å²) in [6, 6.07) is 3.39. The molecule has 0 aromatic heterocycles. The number of hydrazine groups is 1. The Labute approximate surface area is 130 Å². The van der Waals surface area contributed by atoms with Crippen LogP contribution in [-0.4, -0.2) is 29.5 Å². The number of benzene rings is 1. The van der Waals surface area contributed by atoms with Gasteiger partial charge < -0.3 is 9.47 Å². The molecule has 8 heteroatoms. The van der Waals surface area contributed by atoms with Gasteiger partial charge in [0.05, 0.1) is 24.1 Å². The van der Waals surface area contributed by atoms with Gasteiger partial charge in [-0.1, -0.05) is 35.6 Å². The predicted octanol–water partition coefficient (Wildman–Crippen LogP) is 2.43. The van der Waals surface area contributed by atoms with Gasteiger partial charge in [0, 0.05) is 0 Å². The number of hydrogen-bond donors (Lipinski definition) is 1. The summed E-state index contributed by atoms with van der Waals surface area (Å²) in [6.07, 6.45) is 1.65. The van der Waals surface area contributed by atoms with Gasteiger partial charge in [-0.2, -0.15) is 0 Å². The highest BCUT2D eigenvalue weighted by Gasteiger charge is 2.29. The molecule has 1 heterocycles. The molecule has 1 aromatic rings. The second kappa shape index (κ2) is 6.01. The molecule has 0 bridgehead atoms. The topological polar surface area (TPSA) is 64.8 Å². The highest BCUT2D eigenvalue weighted by molar-refractivity contribution is 8.26. The SMILES string of the molecule is COc1cc(C=C2SC(=S)N(N)C2=O)cc(Cl)c1OC. The molecule has 2 N–H and O–H groups in total. The van der Waals surface area contributed by atoms with Crippen molar-refractivity contribution in [1.29, 1.82) is 0 Å². The van der Waals surface area contributed by atoms with Gasteiger partial charge >= 0.3 is 0 Å². The van der Waals surface area contributed by atoms with Crippen molar-refractivity contribution in [3.63, 3.8) is 0 Å². The number of rotatable bonds is 3. The molecule has 0 spiro atoms. The minimum atomic E-state index is -0.342. The van der Waals surface area contributed by atoms with E-state index in [9.17, 15) is 4.79 Å². The van der Waals surface area contributed by atoms with Crippen molar-refractivity contribution in [2.45, 2.75) is 0 Å². The largest absolute Gasteiger partial charge is 0.493 e. The maximum atomic E-state index is 11.8. The minimum absolute atomic E-state index is 0.313. The van der Waals surface area contributed by atoms with Crippen molar-refractivity contribution in [3.05, 3.63) is 27.6 Å². The van der Waals surface area contributed by atoms with Crippen LogP contribution >= 0.6 is 35.6 Å². The van der Waals surface area contributed by atoms with Crippen LogP contribution in [0, 0.1) is 0 Å². The van der Waals surface area contributed by atoms with Gasteiger partial charge in [-0.05, 0) is 23.8 Å². The summed E-state index contributed by atoms with van der Waals surface area (Å²) in [5, 5.41) is 1.33. The summed E-state index contributed by atoms with van der Waals surface area (Å²) < 4.78 is 10.7. The van der Waals surface area contributed by atoms with Crippen molar-refractivity contribution < 1.29 is 14.3 Å². The molecule has 1 amide bonds.